The Kier molecular flexibility index (Phi) is 6.49. The molecule has 1 nitrogen and oxygen atoms in total. The predicted molar refractivity (Wildman–Crippen MR) is 56.5 cm³/mol. The highest BCUT2D eigenvalue weighted by Gasteiger charge is 2.11. The van der Waals surface area contributed by atoms with Crippen molar-refractivity contribution in [2.75, 3.05) is 6.54 Å². The van der Waals surface area contributed by atoms with Crippen LogP contribution < -0.4 is 5.32 Å². The maximum Gasteiger partial charge on any atom is 0.0310 e. The molecule has 1 N–H and O–H groups in total. The third-order valence-electron chi connectivity index (χ3n) is 2.37. The Hall–Kier alpha value is -0.0100. The van der Waals surface area contributed by atoms with Gasteiger partial charge in [-0.3, -0.25) is 0 Å². The topological polar surface area (TPSA) is 12.0 Å². The second-order valence-electron chi connectivity index (χ2n) is 3.26. The Morgan fingerprint density at radius 1 is 1.42 bits per heavy atom. The van der Waals surface area contributed by atoms with Crippen molar-refractivity contribution in [2.45, 2.75) is 39.7 Å². The van der Waals surface area contributed by atoms with Gasteiger partial charge in [0.1, 0.15) is 0 Å². The molecule has 1 unspecified atom stereocenters. The molecule has 0 aromatic heterocycles. The number of hydrogen-bond acceptors (Lipinski definition) is 1. The molecule has 0 aromatic carbocycles. The maximum atomic E-state index is 5.66. The lowest BCUT2D eigenvalue weighted by atomic mass is 9.95. The van der Waals surface area contributed by atoms with E-state index in [0.29, 0.717) is 11.1 Å². The molecular formula is C10H20ClN. The number of nitrogens with one attached hydrogen (secondary N) is 1. The van der Waals surface area contributed by atoms with E-state index in [1.807, 2.05) is 0 Å². The Bertz CT molecular complexity index is 130. The van der Waals surface area contributed by atoms with Gasteiger partial charge in [0.25, 0.3) is 0 Å². The summed E-state index contributed by atoms with van der Waals surface area (Å²) < 4.78 is 0. The Morgan fingerprint density at radius 3 is 2.25 bits per heavy atom. The van der Waals surface area contributed by atoms with E-state index in [4.69, 9.17) is 11.6 Å². The largest absolute Gasteiger partial charge is 0.309 e. The smallest absolute Gasteiger partial charge is 0.0310 e. The molecule has 2 heteroatoms. The lowest BCUT2D eigenvalue weighted by Crippen LogP contribution is -2.33. The average Bonchev–Trinajstić information content (AvgIpc) is 2.03. The van der Waals surface area contributed by atoms with Crippen LogP contribution in [-0.4, -0.2) is 12.6 Å². The fraction of sp³-hybridized carbons (Fsp3) is 0.800. The van der Waals surface area contributed by atoms with Crippen LogP contribution >= 0.6 is 11.6 Å². The molecule has 72 valence electrons. The standard InChI is InChI=1S/C10H20ClN/c1-5-10(6-2)9(4)12-7-8(3)11/h9-10,12H,3,5-7H2,1-2,4H3. The van der Waals surface area contributed by atoms with Crippen LogP contribution in [0.1, 0.15) is 33.6 Å². The molecule has 0 heterocycles. The summed E-state index contributed by atoms with van der Waals surface area (Å²) in [5.74, 6) is 0.751. The van der Waals surface area contributed by atoms with Gasteiger partial charge >= 0.3 is 0 Å². The van der Waals surface area contributed by atoms with Crippen LogP contribution in [0.4, 0.5) is 0 Å². The zero-order chi connectivity index (χ0) is 9.56. The van der Waals surface area contributed by atoms with Crippen LogP contribution in [0, 0.1) is 5.92 Å². The lowest BCUT2D eigenvalue weighted by molar-refractivity contribution is 0.364. The normalized spacial score (nSPS) is 13.4. The highest BCUT2D eigenvalue weighted by Crippen LogP contribution is 2.12. The van der Waals surface area contributed by atoms with Crippen LogP contribution in [0.25, 0.3) is 0 Å². The number of rotatable bonds is 6. The highest BCUT2D eigenvalue weighted by atomic mass is 35.5. The van der Waals surface area contributed by atoms with Gasteiger partial charge in [0.2, 0.25) is 0 Å². The summed E-state index contributed by atoms with van der Waals surface area (Å²) >= 11 is 5.66. The van der Waals surface area contributed by atoms with Gasteiger partial charge in [-0.05, 0) is 12.8 Å². The van der Waals surface area contributed by atoms with Crippen molar-refractivity contribution in [3.05, 3.63) is 11.6 Å². The molecule has 0 amide bonds. The molecule has 0 fully saturated rings. The minimum atomic E-state index is 0.538. The summed E-state index contributed by atoms with van der Waals surface area (Å²) in [5.41, 5.74) is 0. The summed E-state index contributed by atoms with van der Waals surface area (Å²) in [6.07, 6.45) is 2.44. The fourth-order valence-corrected chi connectivity index (χ4v) is 1.51. The molecule has 0 aliphatic carbocycles. The molecule has 0 spiro atoms. The maximum absolute atomic E-state index is 5.66. The van der Waals surface area contributed by atoms with Crippen LogP contribution in [-0.2, 0) is 0 Å². The van der Waals surface area contributed by atoms with E-state index >= 15 is 0 Å². The van der Waals surface area contributed by atoms with E-state index in [-0.39, 0.29) is 0 Å². The predicted octanol–water partition coefficient (Wildman–Crippen LogP) is 3.15. The van der Waals surface area contributed by atoms with E-state index in [1.54, 1.807) is 0 Å². The third-order valence-corrected chi connectivity index (χ3v) is 2.51. The Morgan fingerprint density at radius 2 is 1.92 bits per heavy atom. The molecular weight excluding hydrogens is 170 g/mol. The second-order valence-corrected chi connectivity index (χ2v) is 3.80. The zero-order valence-electron chi connectivity index (χ0n) is 8.36. The zero-order valence-corrected chi connectivity index (χ0v) is 9.12. The van der Waals surface area contributed by atoms with Gasteiger partial charge in [-0.2, -0.15) is 0 Å². The highest BCUT2D eigenvalue weighted by molar-refractivity contribution is 6.29. The molecule has 0 aliphatic heterocycles. The molecule has 12 heavy (non-hydrogen) atoms. The molecule has 0 radical (unpaired) electrons. The molecule has 1 atom stereocenters. The monoisotopic (exact) mass is 189 g/mol. The summed E-state index contributed by atoms with van der Waals surface area (Å²) in [7, 11) is 0. The summed E-state index contributed by atoms with van der Waals surface area (Å²) in [4.78, 5) is 0. The van der Waals surface area contributed by atoms with Crippen molar-refractivity contribution in [3.63, 3.8) is 0 Å². The summed E-state index contributed by atoms with van der Waals surface area (Å²) in [6, 6.07) is 0.538. The van der Waals surface area contributed by atoms with Gasteiger partial charge in [-0.1, -0.05) is 44.9 Å². The minimum Gasteiger partial charge on any atom is -0.309 e. The van der Waals surface area contributed by atoms with Crippen LogP contribution in [0.5, 0.6) is 0 Å². The molecule has 0 rings (SSSR count). The summed E-state index contributed by atoms with van der Waals surface area (Å²) in [5, 5.41) is 4.04. The van der Waals surface area contributed by atoms with Gasteiger partial charge in [0, 0.05) is 17.6 Å². The average molecular weight is 190 g/mol. The fourth-order valence-electron chi connectivity index (χ4n) is 1.43. The lowest BCUT2D eigenvalue weighted by Gasteiger charge is -2.22. The first-order chi connectivity index (χ1) is 5.61. The first-order valence-corrected chi connectivity index (χ1v) is 5.06. The van der Waals surface area contributed by atoms with Gasteiger partial charge in [-0.15, -0.1) is 0 Å². The van der Waals surface area contributed by atoms with E-state index < -0.39 is 0 Å². The quantitative estimate of drug-likeness (QED) is 0.677. The number of halogens is 1. The van der Waals surface area contributed by atoms with Crippen molar-refractivity contribution in [2.24, 2.45) is 5.92 Å². The van der Waals surface area contributed by atoms with Crippen molar-refractivity contribution in [3.8, 4) is 0 Å². The summed E-state index contributed by atoms with van der Waals surface area (Å²) in [6.45, 7) is 11.0. The van der Waals surface area contributed by atoms with Gasteiger partial charge < -0.3 is 5.32 Å². The van der Waals surface area contributed by atoms with Gasteiger partial charge in [0.15, 0.2) is 0 Å². The first-order valence-electron chi connectivity index (χ1n) is 4.68. The van der Waals surface area contributed by atoms with Crippen LogP contribution in [0.3, 0.4) is 0 Å². The Balaban J connectivity index is 3.68. The Labute approximate surface area is 81.2 Å². The van der Waals surface area contributed by atoms with Gasteiger partial charge in [0.05, 0.1) is 0 Å². The van der Waals surface area contributed by atoms with E-state index in [2.05, 4.69) is 32.7 Å². The SMILES string of the molecule is C=C(Cl)CNC(C)C(CC)CC. The molecule has 0 saturated carbocycles. The van der Waals surface area contributed by atoms with Crippen molar-refractivity contribution in [1.29, 1.82) is 0 Å². The second kappa shape index (κ2) is 6.50. The molecule has 0 bridgehead atoms. The van der Waals surface area contributed by atoms with Crippen LogP contribution in [0.2, 0.25) is 0 Å². The van der Waals surface area contributed by atoms with Gasteiger partial charge in [-0.25, -0.2) is 0 Å². The number of hydrogen-bond donors (Lipinski definition) is 1. The first kappa shape index (κ1) is 12.0. The minimum absolute atomic E-state index is 0.538. The van der Waals surface area contributed by atoms with Crippen molar-refractivity contribution < 1.29 is 0 Å². The van der Waals surface area contributed by atoms with E-state index in [1.165, 1.54) is 12.8 Å². The molecule has 0 saturated heterocycles. The van der Waals surface area contributed by atoms with E-state index in [9.17, 15) is 0 Å². The van der Waals surface area contributed by atoms with E-state index in [0.717, 1.165) is 12.5 Å². The molecule has 0 aliphatic rings. The molecule has 0 aromatic rings. The van der Waals surface area contributed by atoms with Crippen LogP contribution in [0.15, 0.2) is 11.6 Å². The third kappa shape index (κ3) is 4.78. The van der Waals surface area contributed by atoms with Crippen molar-refractivity contribution in [1.82, 2.24) is 5.32 Å². The van der Waals surface area contributed by atoms with Crippen molar-refractivity contribution >= 4 is 11.6 Å².